The van der Waals surface area contributed by atoms with E-state index in [1.54, 1.807) is 24.7 Å². The average molecular weight is 346 g/mol. The van der Waals surface area contributed by atoms with Crippen molar-refractivity contribution in [3.63, 3.8) is 0 Å². The molecule has 0 unspecified atom stereocenters. The Kier molecular flexibility index (Phi) is 6.00. The Morgan fingerprint density at radius 2 is 2.36 bits per heavy atom. The third-order valence-electron chi connectivity index (χ3n) is 4.18. The van der Waals surface area contributed by atoms with Crippen LogP contribution in [0.25, 0.3) is 0 Å². The largest absolute Gasteiger partial charge is 0.380 e. The zero-order valence-electron chi connectivity index (χ0n) is 14.1. The second-order valence-corrected chi connectivity index (χ2v) is 6.16. The van der Waals surface area contributed by atoms with Crippen LogP contribution in [0.1, 0.15) is 25.7 Å². The normalized spacial score (nSPS) is 16.8. The number of aromatic nitrogens is 2. The highest BCUT2D eigenvalue weighted by molar-refractivity contribution is 5.90. The minimum absolute atomic E-state index is 0.125. The highest BCUT2D eigenvalue weighted by Crippen LogP contribution is 2.20. The number of benzene rings is 1. The number of nitrogens with zero attached hydrogens (tertiary/aromatic N) is 2. The van der Waals surface area contributed by atoms with E-state index in [0.717, 1.165) is 26.0 Å². The Labute approximate surface area is 146 Å². The zero-order chi connectivity index (χ0) is 17.5. The maximum Gasteiger partial charge on any atom is 0.224 e. The van der Waals surface area contributed by atoms with Gasteiger partial charge in [-0.25, -0.2) is 9.37 Å². The molecule has 25 heavy (non-hydrogen) atoms. The van der Waals surface area contributed by atoms with Crippen LogP contribution in [0.2, 0.25) is 0 Å². The lowest BCUT2D eigenvalue weighted by molar-refractivity contribution is -0.116. The summed E-state index contributed by atoms with van der Waals surface area (Å²) in [5.41, 5.74) is 0.890. The number of rotatable bonds is 8. The van der Waals surface area contributed by atoms with E-state index in [4.69, 9.17) is 4.74 Å². The predicted molar refractivity (Wildman–Crippen MR) is 94.0 cm³/mol. The second-order valence-electron chi connectivity index (χ2n) is 6.16. The first-order chi connectivity index (χ1) is 12.2. The summed E-state index contributed by atoms with van der Waals surface area (Å²) in [5.74, 6) is -0.506. The Morgan fingerprint density at radius 3 is 3.08 bits per heavy atom. The molecule has 1 aromatic carbocycles. The molecule has 0 bridgehead atoms. The molecular formula is C18H23FN4O2. The van der Waals surface area contributed by atoms with Crippen LogP contribution in [0, 0.1) is 5.82 Å². The fourth-order valence-corrected chi connectivity index (χ4v) is 2.83. The lowest BCUT2D eigenvalue weighted by Gasteiger charge is -2.13. The number of imidazole rings is 1. The number of halogens is 1. The van der Waals surface area contributed by atoms with Crippen LogP contribution in [0.5, 0.6) is 0 Å². The number of nitrogens with one attached hydrogen (secondary N) is 2. The van der Waals surface area contributed by atoms with Crippen molar-refractivity contribution >= 4 is 17.3 Å². The van der Waals surface area contributed by atoms with Crippen LogP contribution in [0.4, 0.5) is 15.8 Å². The van der Waals surface area contributed by atoms with Crippen LogP contribution in [0.3, 0.4) is 0 Å². The summed E-state index contributed by atoms with van der Waals surface area (Å²) in [6, 6.07) is 4.69. The molecule has 0 aliphatic carbocycles. The number of carbonyl (C=O) groups is 1. The Hall–Kier alpha value is -2.41. The van der Waals surface area contributed by atoms with E-state index in [0.29, 0.717) is 30.8 Å². The first-order valence-corrected chi connectivity index (χ1v) is 8.61. The van der Waals surface area contributed by atoms with Crippen LogP contribution in [-0.4, -0.2) is 34.7 Å². The molecule has 1 saturated heterocycles. The van der Waals surface area contributed by atoms with Crippen molar-refractivity contribution in [3.05, 3.63) is 42.7 Å². The highest BCUT2D eigenvalue weighted by Gasteiger charge is 2.15. The summed E-state index contributed by atoms with van der Waals surface area (Å²) in [6.45, 7) is 2.10. The van der Waals surface area contributed by atoms with E-state index in [9.17, 15) is 9.18 Å². The molecule has 1 amide bonds. The van der Waals surface area contributed by atoms with Crippen LogP contribution in [0.15, 0.2) is 36.9 Å². The number of carbonyl (C=O) groups excluding carboxylic acids is 1. The lowest BCUT2D eigenvalue weighted by Crippen LogP contribution is -2.19. The van der Waals surface area contributed by atoms with Crippen molar-refractivity contribution in [2.24, 2.45) is 0 Å². The number of hydrogen-bond acceptors (Lipinski definition) is 4. The van der Waals surface area contributed by atoms with Crippen molar-refractivity contribution < 1.29 is 13.9 Å². The Morgan fingerprint density at radius 1 is 1.44 bits per heavy atom. The van der Waals surface area contributed by atoms with Gasteiger partial charge >= 0.3 is 0 Å². The van der Waals surface area contributed by atoms with E-state index in [2.05, 4.69) is 15.6 Å². The van der Waals surface area contributed by atoms with Crippen molar-refractivity contribution in [2.45, 2.75) is 38.3 Å². The quantitative estimate of drug-likeness (QED) is 0.771. The molecule has 2 N–H and O–H groups in total. The molecule has 1 aliphatic heterocycles. The van der Waals surface area contributed by atoms with Gasteiger partial charge in [0.15, 0.2) is 0 Å². The van der Waals surface area contributed by atoms with Gasteiger partial charge in [0, 0.05) is 44.2 Å². The SMILES string of the molecule is O=C(CCCn1ccnc1)Nc1ccc(NC[C@H]2CCCO2)c(F)c1. The zero-order valence-corrected chi connectivity index (χ0v) is 14.1. The molecule has 1 fully saturated rings. The maximum atomic E-state index is 14.1. The van der Waals surface area contributed by atoms with Crippen molar-refractivity contribution in [1.29, 1.82) is 0 Å². The van der Waals surface area contributed by atoms with Gasteiger partial charge in [0.2, 0.25) is 5.91 Å². The molecule has 1 aliphatic rings. The van der Waals surface area contributed by atoms with Gasteiger partial charge in [-0.3, -0.25) is 4.79 Å². The van der Waals surface area contributed by atoms with E-state index < -0.39 is 0 Å². The fourth-order valence-electron chi connectivity index (χ4n) is 2.83. The van der Waals surface area contributed by atoms with Crippen LogP contribution in [-0.2, 0) is 16.1 Å². The summed E-state index contributed by atoms with van der Waals surface area (Å²) in [5, 5.41) is 5.79. The van der Waals surface area contributed by atoms with Gasteiger partial charge in [-0.05, 0) is 37.5 Å². The van der Waals surface area contributed by atoms with Gasteiger partial charge in [0.25, 0.3) is 0 Å². The van der Waals surface area contributed by atoms with Gasteiger partial charge < -0.3 is 19.9 Å². The first kappa shape index (κ1) is 17.4. The Bertz CT molecular complexity index is 684. The number of anilines is 2. The first-order valence-electron chi connectivity index (χ1n) is 8.61. The van der Waals surface area contributed by atoms with E-state index in [1.165, 1.54) is 6.07 Å². The number of ether oxygens (including phenoxy) is 1. The molecule has 0 saturated carbocycles. The van der Waals surface area contributed by atoms with Crippen molar-refractivity contribution in [1.82, 2.24) is 9.55 Å². The maximum absolute atomic E-state index is 14.1. The van der Waals surface area contributed by atoms with Gasteiger partial charge in [0.1, 0.15) is 5.82 Å². The Balaban J connectivity index is 1.43. The van der Waals surface area contributed by atoms with E-state index in [1.807, 2.05) is 10.8 Å². The highest BCUT2D eigenvalue weighted by atomic mass is 19.1. The summed E-state index contributed by atoms with van der Waals surface area (Å²) in [7, 11) is 0. The summed E-state index contributed by atoms with van der Waals surface area (Å²) in [4.78, 5) is 15.9. The molecule has 0 radical (unpaired) electrons. The van der Waals surface area contributed by atoms with Gasteiger partial charge in [-0.1, -0.05) is 0 Å². The summed E-state index contributed by atoms with van der Waals surface area (Å²) in [6.07, 6.45) is 8.56. The smallest absolute Gasteiger partial charge is 0.224 e. The lowest BCUT2D eigenvalue weighted by atomic mass is 10.2. The minimum Gasteiger partial charge on any atom is -0.380 e. The van der Waals surface area contributed by atoms with Gasteiger partial charge in [-0.15, -0.1) is 0 Å². The molecule has 1 aromatic heterocycles. The number of hydrogen-bond donors (Lipinski definition) is 2. The van der Waals surface area contributed by atoms with E-state index >= 15 is 0 Å². The topological polar surface area (TPSA) is 68.2 Å². The molecule has 3 rings (SSSR count). The number of aryl methyl sites for hydroxylation is 1. The molecule has 7 heteroatoms. The third kappa shape index (κ3) is 5.29. The minimum atomic E-state index is -0.380. The summed E-state index contributed by atoms with van der Waals surface area (Å²) >= 11 is 0. The molecule has 2 aromatic rings. The molecule has 6 nitrogen and oxygen atoms in total. The molecule has 0 spiro atoms. The molecule has 134 valence electrons. The predicted octanol–water partition coefficient (Wildman–Crippen LogP) is 3.03. The third-order valence-corrected chi connectivity index (χ3v) is 4.18. The van der Waals surface area contributed by atoms with Crippen molar-refractivity contribution in [2.75, 3.05) is 23.8 Å². The van der Waals surface area contributed by atoms with Crippen LogP contribution < -0.4 is 10.6 Å². The average Bonchev–Trinajstić information content (AvgIpc) is 3.27. The monoisotopic (exact) mass is 346 g/mol. The summed E-state index contributed by atoms with van der Waals surface area (Å²) < 4.78 is 21.6. The number of amides is 1. The molecule has 1 atom stereocenters. The van der Waals surface area contributed by atoms with Gasteiger partial charge in [0.05, 0.1) is 18.1 Å². The van der Waals surface area contributed by atoms with Gasteiger partial charge in [-0.2, -0.15) is 0 Å². The standard InChI is InChI=1S/C18H23FN4O2/c19-16-11-14(5-6-17(16)21-12-15-3-2-10-25-15)22-18(24)4-1-8-23-9-7-20-13-23/h5-7,9,11,13,15,21H,1-4,8,10,12H2,(H,22,24)/t15-/m1/s1. The second kappa shape index (κ2) is 8.62. The molecule has 2 heterocycles. The van der Waals surface area contributed by atoms with E-state index in [-0.39, 0.29) is 17.8 Å². The van der Waals surface area contributed by atoms with Crippen LogP contribution >= 0.6 is 0 Å². The fraction of sp³-hybridized carbons (Fsp3) is 0.444. The van der Waals surface area contributed by atoms with Crippen molar-refractivity contribution in [3.8, 4) is 0 Å². The molecular weight excluding hydrogens is 323 g/mol.